The smallest absolute Gasteiger partial charge is 0.272 e. The number of hydrogen-bond acceptors (Lipinski definition) is 4. The fourth-order valence-corrected chi connectivity index (χ4v) is 2.67. The summed E-state index contributed by atoms with van der Waals surface area (Å²) in [6, 6.07) is 17.9. The van der Waals surface area contributed by atoms with Crippen molar-refractivity contribution < 1.29 is 9.18 Å². The number of aromatic nitrogens is 2. The molecule has 3 aromatic rings. The Morgan fingerprint density at radius 2 is 1.89 bits per heavy atom. The summed E-state index contributed by atoms with van der Waals surface area (Å²) in [5.41, 5.74) is 3.07. The maximum absolute atomic E-state index is 13.6. The first-order valence-corrected chi connectivity index (χ1v) is 8.76. The lowest BCUT2D eigenvalue weighted by molar-refractivity contribution is 0.0945. The van der Waals surface area contributed by atoms with Gasteiger partial charge in [-0.1, -0.05) is 48.0 Å². The van der Waals surface area contributed by atoms with Crippen molar-refractivity contribution in [2.75, 3.05) is 11.9 Å². The standard InChI is InChI=1S/C21H21FN4O/c1-15-5-4-6-16(13-15)14-24-21(27)19-9-10-20(26-25-19)23-12-11-17-7-2-3-8-18(17)22/h2-10,13H,11-12,14H2,1H3,(H,23,26)(H,24,27). The van der Waals surface area contributed by atoms with Crippen LogP contribution in [-0.4, -0.2) is 22.6 Å². The van der Waals surface area contributed by atoms with Gasteiger partial charge in [-0.3, -0.25) is 4.79 Å². The van der Waals surface area contributed by atoms with Crippen LogP contribution in [0.25, 0.3) is 0 Å². The van der Waals surface area contributed by atoms with Gasteiger partial charge in [-0.05, 0) is 42.7 Å². The molecule has 0 spiro atoms. The molecule has 0 saturated heterocycles. The highest BCUT2D eigenvalue weighted by Gasteiger charge is 2.08. The maximum Gasteiger partial charge on any atom is 0.272 e. The Kier molecular flexibility index (Phi) is 6.10. The largest absolute Gasteiger partial charge is 0.368 e. The van der Waals surface area contributed by atoms with Crippen molar-refractivity contribution in [3.8, 4) is 0 Å². The van der Waals surface area contributed by atoms with Crippen molar-refractivity contribution in [3.05, 3.63) is 88.9 Å². The summed E-state index contributed by atoms with van der Waals surface area (Å²) in [7, 11) is 0. The first-order valence-electron chi connectivity index (χ1n) is 8.76. The average molecular weight is 364 g/mol. The number of nitrogens with zero attached hydrogens (tertiary/aromatic N) is 2. The number of amides is 1. The van der Waals surface area contributed by atoms with E-state index in [1.165, 1.54) is 6.07 Å². The van der Waals surface area contributed by atoms with Crippen molar-refractivity contribution in [2.24, 2.45) is 0 Å². The highest BCUT2D eigenvalue weighted by molar-refractivity contribution is 5.92. The molecule has 2 N–H and O–H groups in total. The SMILES string of the molecule is Cc1cccc(CNC(=O)c2ccc(NCCc3ccccc3F)nn2)c1. The van der Waals surface area contributed by atoms with E-state index in [9.17, 15) is 9.18 Å². The number of hydrogen-bond donors (Lipinski definition) is 2. The third-order valence-corrected chi connectivity index (χ3v) is 4.09. The van der Waals surface area contributed by atoms with Gasteiger partial charge in [-0.15, -0.1) is 10.2 Å². The van der Waals surface area contributed by atoms with Crippen LogP contribution in [0.3, 0.4) is 0 Å². The zero-order chi connectivity index (χ0) is 19.1. The first-order chi connectivity index (χ1) is 13.1. The molecule has 2 aromatic carbocycles. The Morgan fingerprint density at radius 3 is 2.63 bits per heavy atom. The monoisotopic (exact) mass is 364 g/mol. The summed E-state index contributed by atoms with van der Waals surface area (Å²) in [5, 5.41) is 13.9. The summed E-state index contributed by atoms with van der Waals surface area (Å²) in [6.45, 7) is 2.97. The quantitative estimate of drug-likeness (QED) is 0.673. The molecule has 0 fully saturated rings. The Hall–Kier alpha value is -3.28. The van der Waals surface area contributed by atoms with E-state index in [4.69, 9.17) is 0 Å². The molecule has 0 aliphatic heterocycles. The molecule has 0 aliphatic rings. The van der Waals surface area contributed by atoms with Gasteiger partial charge in [-0.25, -0.2) is 4.39 Å². The minimum Gasteiger partial charge on any atom is -0.368 e. The summed E-state index contributed by atoms with van der Waals surface area (Å²) in [4.78, 5) is 12.2. The molecule has 1 aromatic heterocycles. The molecule has 0 aliphatic carbocycles. The van der Waals surface area contributed by atoms with Crippen LogP contribution in [-0.2, 0) is 13.0 Å². The van der Waals surface area contributed by atoms with Crippen LogP contribution in [0.4, 0.5) is 10.2 Å². The first kappa shape index (κ1) is 18.5. The van der Waals surface area contributed by atoms with E-state index in [1.54, 1.807) is 24.3 Å². The van der Waals surface area contributed by atoms with Gasteiger partial charge in [0.1, 0.15) is 11.6 Å². The lowest BCUT2D eigenvalue weighted by Gasteiger charge is -2.07. The van der Waals surface area contributed by atoms with Crippen LogP contribution in [0, 0.1) is 12.7 Å². The predicted molar refractivity (Wildman–Crippen MR) is 103 cm³/mol. The maximum atomic E-state index is 13.6. The molecule has 5 nitrogen and oxygen atoms in total. The molecular formula is C21H21FN4O. The van der Waals surface area contributed by atoms with Crippen molar-refractivity contribution in [1.29, 1.82) is 0 Å². The second-order valence-corrected chi connectivity index (χ2v) is 6.24. The normalized spacial score (nSPS) is 10.4. The van der Waals surface area contributed by atoms with E-state index in [0.29, 0.717) is 30.9 Å². The van der Waals surface area contributed by atoms with Crippen LogP contribution in [0.1, 0.15) is 27.2 Å². The van der Waals surface area contributed by atoms with E-state index < -0.39 is 0 Å². The third-order valence-electron chi connectivity index (χ3n) is 4.09. The third kappa shape index (κ3) is 5.34. The fraction of sp³-hybridized carbons (Fsp3) is 0.190. The summed E-state index contributed by atoms with van der Waals surface area (Å²) >= 11 is 0. The number of rotatable bonds is 7. The molecule has 0 radical (unpaired) electrons. The fourth-order valence-electron chi connectivity index (χ4n) is 2.67. The zero-order valence-electron chi connectivity index (χ0n) is 15.1. The minimum absolute atomic E-state index is 0.217. The molecule has 1 heterocycles. The van der Waals surface area contributed by atoms with Crippen LogP contribution in [0.15, 0.2) is 60.7 Å². The Labute approximate surface area is 157 Å². The number of carbonyl (C=O) groups is 1. The van der Waals surface area contributed by atoms with E-state index in [2.05, 4.69) is 20.8 Å². The molecule has 0 atom stereocenters. The van der Waals surface area contributed by atoms with Crippen LogP contribution in [0.5, 0.6) is 0 Å². The van der Waals surface area contributed by atoms with Gasteiger partial charge in [0, 0.05) is 13.1 Å². The second kappa shape index (κ2) is 8.89. The van der Waals surface area contributed by atoms with Gasteiger partial charge >= 0.3 is 0 Å². The molecule has 0 unspecified atom stereocenters. The number of carbonyl (C=O) groups excluding carboxylic acids is 1. The van der Waals surface area contributed by atoms with Gasteiger partial charge in [0.25, 0.3) is 5.91 Å². The van der Waals surface area contributed by atoms with Gasteiger partial charge in [0.05, 0.1) is 0 Å². The van der Waals surface area contributed by atoms with E-state index in [-0.39, 0.29) is 17.4 Å². The molecule has 27 heavy (non-hydrogen) atoms. The van der Waals surface area contributed by atoms with E-state index in [0.717, 1.165) is 11.1 Å². The van der Waals surface area contributed by atoms with Gasteiger partial charge in [0.15, 0.2) is 5.69 Å². The highest BCUT2D eigenvalue weighted by Crippen LogP contribution is 2.08. The summed E-state index contributed by atoms with van der Waals surface area (Å²) < 4.78 is 13.6. The number of halogens is 1. The topological polar surface area (TPSA) is 66.9 Å². The highest BCUT2D eigenvalue weighted by atomic mass is 19.1. The van der Waals surface area contributed by atoms with Gasteiger partial charge in [-0.2, -0.15) is 0 Å². The zero-order valence-corrected chi connectivity index (χ0v) is 15.1. The van der Waals surface area contributed by atoms with Gasteiger partial charge < -0.3 is 10.6 Å². The van der Waals surface area contributed by atoms with Crippen LogP contribution < -0.4 is 10.6 Å². The number of aryl methyl sites for hydroxylation is 1. The van der Waals surface area contributed by atoms with Crippen molar-refractivity contribution in [2.45, 2.75) is 19.9 Å². The van der Waals surface area contributed by atoms with Crippen molar-refractivity contribution in [1.82, 2.24) is 15.5 Å². The summed E-state index contributed by atoms with van der Waals surface area (Å²) in [5.74, 6) is 0.0505. The second-order valence-electron chi connectivity index (χ2n) is 6.24. The number of nitrogens with one attached hydrogen (secondary N) is 2. The van der Waals surface area contributed by atoms with Crippen molar-refractivity contribution in [3.63, 3.8) is 0 Å². The van der Waals surface area contributed by atoms with Crippen molar-refractivity contribution >= 4 is 11.7 Å². The van der Waals surface area contributed by atoms with Crippen LogP contribution >= 0.6 is 0 Å². The van der Waals surface area contributed by atoms with E-state index >= 15 is 0 Å². The number of anilines is 1. The van der Waals surface area contributed by atoms with Gasteiger partial charge in [0.2, 0.25) is 0 Å². The predicted octanol–water partition coefficient (Wildman–Crippen LogP) is 3.51. The molecule has 1 amide bonds. The van der Waals surface area contributed by atoms with Crippen LogP contribution in [0.2, 0.25) is 0 Å². The Bertz CT molecular complexity index is 912. The van der Waals surface area contributed by atoms with E-state index in [1.807, 2.05) is 37.3 Å². The average Bonchev–Trinajstić information content (AvgIpc) is 2.68. The lowest BCUT2D eigenvalue weighted by atomic mass is 10.1. The molecule has 0 bridgehead atoms. The molecule has 138 valence electrons. The lowest BCUT2D eigenvalue weighted by Crippen LogP contribution is -2.24. The minimum atomic E-state index is -0.276. The molecular weight excluding hydrogens is 343 g/mol. The summed E-state index contributed by atoms with van der Waals surface area (Å²) in [6.07, 6.45) is 0.535. The Morgan fingerprint density at radius 1 is 1.04 bits per heavy atom. The molecule has 6 heteroatoms. The molecule has 0 saturated carbocycles. The number of benzene rings is 2. The molecule has 3 rings (SSSR count). The Balaban J connectivity index is 1.49.